The average molecular weight is 264 g/mol. The van der Waals surface area contributed by atoms with E-state index in [1.165, 1.54) is 19.3 Å². The molecule has 0 spiro atoms. The second-order valence-corrected chi connectivity index (χ2v) is 3.82. The molecule has 1 aromatic carbocycles. The van der Waals surface area contributed by atoms with Crippen molar-refractivity contribution in [1.82, 2.24) is 10.2 Å². The molecular weight excluding hydrogens is 255 g/mol. The normalized spacial score (nSPS) is 10.2. The number of amides is 1. The molecule has 98 valence electrons. The molecule has 2 rings (SSSR count). The maximum absolute atomic E-state index is 13.8. The van der Waals surface area contributed by atoms with Crippen molar-refractivity contribution in [2.75, 3.05) is 5.32 Å². The summed E-state index contributed by atoms with van der Waals surface area (Å²) in [6.45, 7) is 1.36. The Morgan fingerprint density at radius 3 is 2.84 bits per heavy atom. The molecule has 0 saturated carbocycles. The third kappa shape index (κ3) is 2.57. The molecule has 0 fully saturated rings. The van der Waals surface area contributed by atoms with E-state index in [9.17, 15) is 19.3 Å². The quantitative estimate of drug-likeness (QED) is 0.654. The van der Waals surface area contributed by atoms with E-state index in [4.69, 9.17) is 0 Å². The summed E-state index contributed by atoms with van der Waals surface area (Å²) in [5.74, 6) is -1.56. The van der Waals surface area contributed by atoms with Gasteiger partial charge in [0.2, 0.25) is 0 Å². The number of H-pyrrole nitrogens is 1. The van der Waals surface area contributed by atoms with Gasteiger partial charge in [-0.15, -0.1) is 0 Å². The van der Waals surface area contributed by atoms with Gasteiger partial charge in [0.05, 0.1) is 22.4 Å². The van der Waals surface area contributed by atoms with Crippen LogP contribution in [0, 0.1) is 22.9 Å². The molecule has 0 aliphatic rings. The molecule has 0 unspecified atom stereocenters. The van der Waals surface area contributed by atoms with Gasteiger partial charge < -0.3 is 5.32 Å². The second kappa shape index (κ2) is 4.84. The number of aromatic amines is 1. The van der Waals surface area contributed by atoms with E-state index in [0.717, 1.165) is 12.1 Å². The molecule has 0 saturated heterocycles. The lowest BCUT2D eigenvalue weighted by molar-refractivity contribution is -0.385. The number of nitrogens with one attached hydrogen (secondary N) is 2. The SMILES string of the molecule is Cc1cc([N+](=O)[O-])cc(C(=O)Nc2cn[nH]c2)c1F. The van der Waals surface area contributed by atoms with Crippen LogP contribution < -0.4 is 5.32 Å². The smallest absolute Gasteiger partial charge is 0.270 e. The molecule has 19 heavy (non-hydrogen) atoms. The monoisotopic (exact) mass is 264 g/mol. The van der Waals surface area contributed by atoms with Crippen molar-refractivity contribution < 1.29 is 14.1 Å². The highest BCUT2D eigenvalue weighted by molar-refractivity contribution is 6.04. The van der Waals surface area contributed by atoms with Crippen LogP contribution in [-0.4, -0.2) is 21.0 Å². The number of carbonyl (C=O) groups is 1. The van der Waals surface area contributed by atoms with Gasteiger partial charge in [0.25, 0.3) is 11.6 Å². The highest BCUT2D eigenvalue weighted by Crippen LogP contribution is 2.21. The van der Waals surface area contributed by atoms with E-state index in [1.54, 1.807) is 0 Å². The Morgan fingerprint density at radius 2 is 2.26 bits per heavy atom. The van der Waals surface area contributed by atoms with Gasteiger partial charge in [-0.1, -0.05) is 0 Å². The van der Waals surface area contributed by atoms with Crippen LogP contribution >= 0.6 is 0 Å². The zero-order valence-corrected chi connectivity index (χ0v) is 9.81. The number of aromatic nitrogens is 2. The third-order valence-electron chi connectivity index (χ3n) is 2.45. The van der Waals surface area contributed by atoms with Gasteiger partial charge in [0.15, 0.2) is 0 Å². The molecule has 2 N–H and O–H groups in total. The molecular formula is C11H9FN4O3. The predicted octanol–water partition coefficient (Wildman–Crippen LogP) is 2.02. The zero-order valence-electron chi connectivity index (χ0n) is 9.81. The van der Waals surface area contributed by atoms with Crippen LogP contribution in [0.1, 0.15) is 15.9 Å². The first-order valence-electron chi connectivity index (χ1n) is 5.23. The number of benzene rings is 1. The van der Waals surface area contributed by atoms with Crippen LogP contribution in [0.4, 0.5) is 15.8 Å². The zero-order chi connectivity index (χ0) is 14.0. The standard InChI is InChI=1S/C11H9FN4O3/c1-6-2-8(16(18)19)3-9(10(6)12)11(17)15-7-4-13-14-5-7/h2-5H,1H3,(H,13,14)(H,15,17). The number of non-ortho nitro benzene ring substituents is 1. The van der Waals surface area contributed by atoms with Gasteiger partial charge in [-0.2, -0.15) is 5.10 Å². The van der Waals surface area contributed by atoms with Gasteiger partial charge >= 0.3 is 0 Å². The third-order valence-corrected chi connectivity index (χ3v) is 2.45. The maximum Gasteiger partial charge on any atom is 0.270 e. The largest absolute Gasteiger partial charge is 0.319 e. The van der Waals surface area contributed by atoms with Gasteiger partial charge in [-0.25, -0.2) is 4.39 Å². The van der Waals surface area contributed by atoms with Gasteiger partial charge in [-0.3, -0.25) is 20.0 Å². The van der Waals surface area contributed by atoms with Crippen LogP contribution in [-0.2, 0) is 0 Å². The van der Waals surface area contributed by atoms with Gasteiger partial charge in [0, 0.05) is 18.3 Å². The van der Waals surface area contributed by atoms with E-state index >= 15 is 0 Å². The van der Waals surface area contributed by atoms with Gasteiger partial charge in [-0.05, 0) is 12.5 Å². The Balaban J connectivity index is 2.38. The Kier molecular flexibility index (Phi) is 3.23. The molecule has 8 heteroatoms. The molecule has 0 radical (unpaired) electrons. The summed E-state index contributed by atoms with van der Waals surface area (Å²) in [7, 11) is 0. The lowest BCUT2D eigenvalue weighted by Gasteiger charge is -2.06. The number of nitrogens with zero attached hydrogens (tertiary/aromatic N) is 2. The molecule has 0 atom stereocenters. The first-order chi connectivity index (χ1) is 8.99. The predicted molar refractivity (Wildman–Crippen MR) is 64.3 cm³/mol. The van der Waals surface area contributed by atoms with Crippen molar-refractivity contribution in [1.29, 1.82) is 0 Å². The molecule has 7 nitrogen and oxygen atoms in total. The Hall–Kier alpha value is -2.77. The fourth-order valence-corrected chi connectivity index (χ4v) is 1.54. The second-order valence-electron chi connectivity index (χ2n) is 3.82. The van der Waals surface area contributed by atoms with Crippen LogP contribution in [0.15, 0.2) is 24.5 Å². The Morgan fingerprint density at radius 1 is 1.53 bits per heavy atom. The van der Waals surface area contributed by atoms with Crippen molar-refractivity contribution in [3.05, 3.63) is 51.6 Å². The number of anilines is 1. The molecule has 1 amide bonds. The average Bonchev–Trinajstić information content (AvgIpc) is 2.84. The van der Waals surface area contributed by atoms with E-state index < -0.39 is 16.6 Å². The summed E-state index contributed by atoms with van der Waals surface area (Å²) in [4.78, 5) is 21.9. The molecule has 0 aliphatic heterocycles. The number of hydrogen-bond acceptors (Lipinski definition) is 4. The minimum atomic E-state index is -0.786. The minimum absolute atomic E-state index is 0.0338. The number of nitro groups is 1. The number of nitro benzene ring substituents is 1. The molecule has 1 aromatic heterocycles. The van der Waals surface area contributed by atoms with Crippen LogP contribution in [0.3, 0.4) is 0 Å². The first kappa shape index (κ1) is 12.7. The highest BCUT2D eigenvalue weighted by atomic mass is 19.1. The molecule has 0 aliphatic carbocycles. The molecule has 1 heterocycles. The van der Waals surface area contributed by atoms with E-state index in [2.05, 4.69) is 15.5 Å². The number of halogens is 1. The van der Waals surface area contributed by atoms with Crippen molar-refractivity contribution in [3.63, 3.8) is 0 Å². The van der Waals surface area contributed by atoms with E-state index in [0.29, 0.717) is 5.69 Å². The Bertz CT molecular complexity index is 640. The van der Waals surface area contributed by atoms with Crippen LogP contribution in [0.25, 0.3) is 0 Å². The van der Waals surface area contributed by atoms with Crippen molar-refractivity contribution in [3.8, 4) is 0 Å². The van der Waals surface area contributed by atoms with E-state index in [1.807, 2.05) is 0 Å². The van der Waals surface area contributed by atoms with Gasteiger partial charge in [0.1, 0.15) is 5.82 Å². The number of aryl methyl sites for hydroxylation is 1. The Labute approximate surface area is 106 Å². The van der Waals surface area contributed by atoms with Crippen molar-refractivity contribution in [2.24, 2.45) is 0 Å². The van der Waals surface area contributed by atoms with Crippen LogP contribution in [0.5, 0.6) is 0 Å². The maximum atomic E-state index is 13.8. The lowest BCUT2D eigenvalue weighted by atomic mass is 10.1. The fraction of sp³-hybridized carbons (Fsp3) is 0.0909. The van der Waals surface area contributed by atoms with E-state index in [-0.39, 0.29) is 16.8 Å². The molecule has 2 aromatic rings. The topological polar surface area (TPSA) is 101 Å². The van der Waals surface area contributed by atoms with Crippen LogP contribution in [0.2, 0.25) is 0 Å². The number of rotatable bonds is 3. The van der Waals surface area contributed by atoms with Crippen molar-refractivity contribution in [2.45, 2.75) is 6.92 Å². The highest BCUT2D eigenvalue weighted by Gasteiger charge is 2.19. The summed E-state index contributed by atoms with van der Waals surface area (Å²) >= 11 is 0. The summed E-state index contributed by atoms with van der Waals surface area (Å²) in [5.41, 5.74) is -0.343. The van der Waals surface area contributed by atoms with Crippen molar-refractivity contribution >= 4 is 17.3 Å². The lowest BCUT2D eigenvalue weighted by Crippen LogP contribution is -2.14. The summed E-state index contributed by atoms with van der Waals surface area (Å²) in [6, 6.07) is 1.97. The number of carbonyl (C=O) groups excluding carboxylic acids is 1. The fourth-order valence-electron chi connectivity index (χ4n) is 1.54. The summed E-state index contributed by atoms with van der Waals surface area (Å²) in [6.07, 6.45) is 2.74. The number of hydrogen-bond donors (Lipinski definition) is 2. The molecule has 0 bridgehead atoms. The minimum Gasteiger partial charge on any atom is -0.319 e. The summed E-state index contributed by atoms with van der Waals surface area (Å²) < 4.78 is 13.8. The summed E-state index contributed by atoms with van der Waals surface area (Å²) in [5, 5.41) is 19.2. The first-order valence-corrected chi connectivity index (χ1v) is 5.23.